The molecule has 0 spiro atoms. The summed E-state index contributed by atoms with van der Waals surface area (Å²) in [5, 5.41) is 9.15. The van der Waals surface area contributed by atoms with Crippen LogP contribution < -0.4 is 0 Å². The van der Waals surface area contributed by atoms with Gasteiger partial charge in [-0.3, -0.25) is 4.79 Å². The average molecular weight is 200 g/mol. The lowest BCUT2D eigenvalue weighted by molar-refractivity contribution is 0.0731. The number of hydrogen-bond donors (Lipinski definition) is 1. The molecule has 0 radical (unpaired) electrons. The van der Waals surface area contributed by atoms with E-state index in [0.717, 1.165) is 12.1 Å². The second kappa shape index (κ2) is 4.28. The van der Waals surface area contributed by atoms with Gasteiger partial charge in [0.05, 0.1) is 5.56 Å². The summed E-state index contributed by atoms with van der Waals surface area (Å²) in [7, 11) is 0. The maximum atomic E-state index is 13.0. The first-order valence-corrected chi connectivity index (χ1v) is 4.24. The number of ketones is 1. The normalized spacial score (nSPS) is 12.6. The molecule has 1 unspecified atom stereocenters. The summed E-state index contributed by atoms with van der Waals surface area (Å²) >= 11 is 0. The molecule has 0 saturated carbocycles. The predicted molar refractivity (Wildman–Crippen MR) is 47.0 cm³/mol. The number of rotatable bonds is 3. The third-order valence-corrected chi connectivity index (χ3v) is 1.90. The first kappa shape index (κ1) is 10.8. The lowest BCUT2D eigenvalue weighted by atomic mass is 10.0. The van der Waals surface area contributed by atoms with Gasteiger partial charge >= 0.3 is 0 Å². The molecule has 0 fully saturated rings. The summed E-state index contributed by atoms with van der Waals surface area (Å²) in [6, 6.07) is 3.14. The number of benzene rings is 1. The minimum atomic E-state index is -1.35. The van der Waals surface area contributed by atoms with Crippen molar-refractivity contribution in [2.45, 2.75) is 19.4 Å². The summed E-state index contributed by atoms with van der Waals surface area (Å²) in [5.74, 6) is -2.80. The average Bonchev–Trinajstić information content (AvgIpc) is 2.16. The van der Waals surface area contributed by atoms with E-state index in [-0.39, 0.29) is 6.42 Å². The van der Waals surface area contributed by atoms with Crippen LogP contribution in [0, 0.1) is 11.6 Å². The minimum Gasteiger partial charge on any atom is -0.385 e. The summed E-state index contributed by atoms with van der Waals surface area (Å²) in [4.78, 5) is 11.3. The van der Waals surface area contributed by atoms with Crippen LogP contribution in [0.25, 0.3) is 0 Å². The van der Waals surface area contributed by atoms with Gasteiger partial charge in [0, 0.05) is 0 Å². The number of hydrogen-bond acceptors (Lipinski definition) is 2. The molecule has 0 bridgehead atoms. The van der Waals surface area contributed by atoms with Gasteiger partial charge in [0.1, 0.15) is 17.7 Å². The first-order chi connectivity index (χ1) is 6.57. The van der Waals surface area contributed by atoms with Crippen molar-refractivity contribution in [3.05, 3.63) is 35.4 Å². The summed E-state index contributed by atoms with van der Waals surface area (Å²) in [5.41, 5.74) is -0.665. The van der Waals surface area contributed by atoms with Gasteiger partial charge in [-0.1, -0.05) is 13.0 Å². The fourth-order valence-electron chi connectivity index (χ4n) is 1.09. The molecule has 1 N–H and O–H groups in total. The Balaban J connectivity index is 3.12. The van der Waals surface area contributed by atoms with E-state index in [1.54, 1.807) is 6.92 Å². The van der Waals surface area contributed by atoms with E-state index >= 15 is 0 Å². The predicted octanol–water partition coefficient (Wildman–Crippen LogP) is 1.92. The van der Waals surface area contributed by atoms with E-state index < -0.39 is 29.1 Å². The first-order valence-electron chi connectivity index (χ1n) is 4.24. The van der Waals surface area contributed by atoms with Gasteiger partial charge in [-0.05, 0) is 18.6 Å². The van der Waals surface area contributed by atoms with E-state index in [4.69, 9.17) is 5.11 Å². The molecule has 0 aliphatic carbocycles. The zero-order valence-corrected chi connectivity index (χ0v) is 7.63. The Labute approximate surface area is 80.2 Å². The molecule has 1 atom stereocenters. The van der Waals surface area contributed by atoms with Crippen molar-refractivity contribution < 1.29 is 18.7 Å². The van der Waals surface area contributed by atoms with Crippen LogP contribution in [-0.2, 0) is 0 Å². The fraction of sp³-hybridized carbons (Fsp3) is 0.300. The van der Waals surface area contributed by atoms with Crippen LogP contribution in [-0.4, -0.2) is 17.0 Å². The van der Waals surface area contributed by atoms with Crippen molar-refractivity contribution in [2.75, 3.05) is 0 Å². The number of halogens is 2. The van der Waals surface area contributed by atoms with E-state index in [2.05, 4.69) is 0 Å². The van der Waals surface area contributed by atoms with Crippen LogP contribution in [0.5, 0.6) is 0 Å². The Morgan fingerprint density at radius 2 is 1.93 bits per heavy atom. The van der Waals surface area contributed by atoms with E-state index in [0.29, 0.717) is 0 Å². The number of carbonyl (C=O) groups excluding carboxylic acids is 1. The third-order valence-electron chi connectivity index (χ3n) is 1.90. The van der Waals surface area contributed by atoms with Gasteiger partial charge in [0.2, 0.25) is 0 Å². The topological polar surface area (TPSA) is 37.3 Å². The van der Waals surface area contributed by atoms with E-state index in [1.807, 2.05) is 0 Å². The van der Waals surface area contributed by atoms with Crippen molar-refractivity contribution in [3.63, 3.8) is 0 Å². The molecule has 1 aromatic rings. The van der Waals surface area contributed by atoms with Gasteiger partial charge in [-0.25, -0.2) is 8.78 Å². The van der Waals surface area contributed by atoms with Crippen LogP contribution in [0.3, 0.4) is 0 Å². The molecule has 0 heterocycles. The quantitative estimate of drug-likeness (QED) is 0.757. The van der Waals surface area contributed by atoms with Crippen molar-refractivity contribution in [1.82, 2.24) is 0 Å². The maximum absolute atomic E-state index is 13.0. The van der Waals surface area contributed by atoms with Crippen LogP contribution in [0.2, 0.25) is 0 Å². The second-order valence-electron chi connectivity index (χ2n) is 2.88. The SMILES string of the molecule is CCC(O)C(=O)c1c(F)cccc1F. The Kier molecular flexibility index (Phi) is 3.30. The van der Waals surface area contributed by atoms with E-state index in [9.17, 15) is 13.6 Å². The zero-order valence-electron chi connectivity index (χ0n) is 7.63. The standard InChI is InChI=1S/C10H10F2O2/c1-2-8(13)10(14)9-6(11)4-3-5-7(9)12/h3-5,8,13H,2H2,1H3. The van der Waals surface area contributed by atoms with Gasteiger partial charge in [0.15, 0.2) is 5.78 Å². The number of Topliss-reactive ketones (excluding diaryl/α,β-unsaturated/α-hetero) is 1. The molecule has 0 saturated heterocycles. The molecule has 0 amide bonds. The highest BCUT2D eigenvalue weighted by Crippen LogP contribution is 2.15. The Morgan fingerprint density at radius 3 is 2.36 bits per heavy atom. The number of aliphatic hydroxyl groups is 1. The fourth-order valence-corrected chi connectivity index (χ4v) is 1.09. The number of carbonyl (C=O) groups is 1. The van der Waals surface area contributed by atoms with Crippen molar-refractivity contribution >= 4 is 5.78 Å². The van der Waals surface area contributed by atoms with Crippen molar-refractivity contribution in [3.8, 4) is 0 Å². The molecule has 0 aliphatic heterocycles. The van der Waals surface area contributed by atoms with Gasteiger partial charge in [-0.2, -0.15) is 0 Å². The summed E-state index contributed by atoms with van der Waals surface area (Å²) < 4.78 is 26.1. The Hall–Kier alpha value is -1.29. The smallest absolute Gasteiger partial charge is 0.197 e. The molecule has 2 nitrogen and oxygen atoms in total. The van der Waals surface area contributed by atoms with Gasteiger partial charge in [-0.15, -0.1) is 0 Å². The molecule has 0 aliphatic rings. The van der Waals surface area contributed by atoms with Crippen molar-refractivity contribution in [1.29, 1.82) is 0 Å². The third kappa shape index (κ3) is 1.96. The summed E-state index contributed by atoms with van der Waals surface area (Å²) in [6.45, 7) is 1.56. The summed E-state index contributed by atoms with van der Waals surface area (Å²) in [6.07, 6.45) is -1.21. The largest absolute Gasteiger partial charge is 0.385 e. The maximum Gasteiger partial charge on any atom is 0.197 e. The highest BCUT2D eigenvalue weighted by Gasteiger charge is 2.22. The van der Waals surface area contributed by atoms with Crippen LogP contribution >= 0.6 is 0 Å². The van der Waals surface area contributed by atoms with Crippen LogP contribution in [0.15, 0.2) is 18.2 Å². The molecule has 1 rings (SSSR count). The molecule has 1 aromatic carbocycles. The lowest BCUT2D eigenvalue weighted by Crippen LogP contribution is -2.21. The van der Waals surface area contributed by atoms with Gasteiger partial charge < -0.3 is 5.11 Å². The molecular formula is C10H10F2O2. The molecular weight excluding hydrogens is 190 g/mol. The van der Waals surface area contributed by atoms with Crippen LogP contribution in [0.4, 0.5) is 8.78 Å². The minimum absolute atomic E-state index is 0.132. The lowest BCUT2D eigenvalue weighted by Gasteiger charge is -2.07. The monoisotopic (exact) mass is 200 g/mol. The zero-order chi connectivity index (χ0) is 10.7. The van der Waals surface area contributed by atoms with Crippen molar-refractivity contribution in [2.24, 2.45) is 0 Å². The highest BCUT2D eigenvalue weighted by molar-refractivity contribution is 5.99. The second-order valence-corrected chi connectivity index (χ2v) is 2.88. The van der Waals surface area contributed by atoms with Crippen LogP contribution in [0.1, 0.15) is 23.7 Å². The van der Waals surface area contributed by atoms with Gasteiger partial charge in [0.25, 0.3) is 0 Å². The Bertz CT molecular complexity index is 330. The van der Waals surface area contributed by atoms with E-state index in [1.165, 1.54) is 6.07 Å². The molecule has 0 aromatic heterocycles. The molecule has 4 heteroatoms. The number of aliphatic hydroxyl groups excluding tert-OH is 1. The molecule has 76 valence electrons. The highest BCUT2D eigenvalue weighted by atomic mass is 19.1. The Morgan fingerprint density at radius 1 is 1.43 bits per heavy atom. The molecule has 14 heavy (non-hydrogen) atoms.